The molecular weight excluding hydrogens is 384 g/mol. The molecule has 0 N–H and O–H groups in total. The Hall–Kier alpha value is -2.78. The fraction of sp³-hybridized carbons (Fsp3) is 0.316. The van der Waals surface area contributed by atoms with Gasteiger partial charge in [0.15, 0.2) is 17.1 Å². The van der Waals surface area contributed by atoms with Gasteiger partial charge in [0.25, 0.3) is 0 Å². The van der Waals surface area contributed by atoms with Crippen LogP contribution in [0.2, 0.25) is 0 Å². The van der Waals surface area contributed by atoms with Gasteiger partial charge in [0.1, 0.15) is 0 Å². The summed E-state index contributed by atoms with van der Waals surface area (Å²) in [6, 6.07) is 10.2. The predicted molar refractivity (Wildman–Crippen MR) is 100 cm³/mol. The molecule has 0 radical (unpaired) electrons. The van der Waals surface area contributed by atoms with E-state index in [1.165, 1.54) is 27.1 Å². The van der Waals surface area contributed by atoms with Crippen LogP contribution in [0.15, 0.2) is 50.5 Å². The van der Waals surface area contributed by atoms with Crippen LogP contribution in [0.25, 0.3) is 11.1 Å². The molecule has 1 atom stereocenters. The second-order valence-electron chi connectivity index (χ2n) is 7.02. The van der Waals surface area contributed by atoms with Crippen LogP contribution in [0.1, 0.15) is 17.9 Å². The first-order valence-corrected chi connectivity index (χ1v) is 10.4. The summed E-state index contributed by atoms with van der Waals surface area (Å²) in [5.74, 6) is 0.982. The maximum Gasteiger partial charge on any atom is 0.419 e. The third kappa shape index (κ3) is 2.61. The van der Waals surface area contributed by atoms with E-state index in [1.807, 2.05) is 18.2 Å². The number of benzene rings is 2. The molecule has 0 aliphatic carbocycles. The number of aryl methyl sites for hydroxylation is 1. The Balaban J connectivity index is 1.43. The van der Waals surface area contributed by atoms with Crippen LogP contribution >= 0.6 is 0 Å². The molecule has 1 aromatic heterocycles. The van der Waals surface area contributed by atoms with Crippen LogP contribution in [-0.2, 0) is 17.1 Å². The second kappa shape index (κ2) is 6.11. The van der Waals surface area contributed by atoms with Gasteiger partial charge in [-0.05, 0) is 48.2 Å². The van der Waals surface area contributed by atoms with Crippen LogP contribution in [0, 0.1) is 0 Å². The van der Waals surface area contributed by atoms with Crippen molar-refractivity contribution < 1.29 is 22.3 Å². The summed E-state index contributed by atoms with van der Waals surface area (Å²) in [6.45, 7) is 1.04. The molecule has 0 bridgehead atoms. The highest BCUT2D eigenvalue weighted by atomic mass is 32.2. The van der Waals surface area contributed by atoms with Gasteiger partial charge in [-0.2, -0.15) is 4.31 Å². The third-order valence-corrected chi connectivity index (χ3v) is 7.28. The molecule has 0 amide bonds. The lowest BCUT2D eigenvalue weighted by Crippen LogP contribution is -2.28. The third-order valence-electron chi connectivity index (χ3n) is 5.42. The number of fused-ring (bicyclic) bond motifs is 2. The molecule has 146 valence electrons. The average molecular weight is 402 g/mol. The van der Waals surface area contributed by atoms with Crippen LogP contribution < -0.4 is 15.2 Å². The zero-order valence-electron chi connectivity index (χ0n) is 15.1. The zero-order valence-corrected chi connectivity index (χ0v) is 15.9. The highest BCUT2D eigenvalue weighted by Crippen LogP contribution is 2.38. The standard InChI is InChI=1S/C19H18N2O6S/c1-20-15-9-14(3-5-16(15)27-19(20)22)28(23,24)21-7-6-13(10-21)12-2-4-17-18(8-12)26-11-25-17/h2-5,8-9,13H,6-7,10-11H2,1H3. The smallest absolute Gasteiger partial charge is 0.419 e. The summed E-state index contributed by atoms with van der Waals surface area (Å²) < 4.78 is 44.9. The summed E-state index contributed by atoms with van der Waals surface area (Å²) in [6.07, 6.45) is 0.727. The van der Waals surface area contributed by atoms with E-state index in [4.69, 9.17) is 13.9 Å². The molecule has 3 heterocycles. The minimum absolute atomic E-state index is 0.0892. The Labute approximate surface area is 160 Å². The van der Waals surface area contributed by atoms with Crippen LogP contribution in [0.3, 0.4) is 0 Å². The van der Waals surface area contributed by atoms with Gasteiger partial charge >= 0.3 is 5.76 Å². The van der Waals surface area contributed by atoms with Crippen molar-refractivity contribution in [2.75, 3.05) is 19.9 Å². The lowest BCUT2D eigenvalue weighted by molar-refractivity contribution is 0.174. The van der Waals surface area contributed by atoms with Crippen molar-refractivity contribution in [3.05, 3.63) is 52.5 Å². The lowest BCUT2D eigenvalue weighted by Gasteiger charge is -2.17. The highest BCUT2D eigenvalue weighted by molar-refractivity contribution is 7.89. The number of oxazole rings is 1. The Bertz CT molecular complexity index is 1240. The second-order valence-corrected chi connectivity index (χ2v) is 8.96. The Morgan fingerprint density at radius 3 is 2.75 bits per heavy atom. The summed E-state index contributed by atoms with van der Waals surface area (Å²) in [4.78, 5) is 11.8. The van der Waals surface area contributed by atoms with Crippen LogP contribution in [0.5, 0.6) is 11.5 Å². The largest absolute Gasteiger partial charge is 0.454 e. The molecule has 2 aliphatic rings. The van der Waals surface area contributed by atoms with Crippen LogP contribution in [-0.4, -0.2) is 37.2 Å². The molecule has 2 aromatic carbocycles. The fourth-order valence-corrected chi connectivity index (χ4v) is 5.32. The molecule has 1 fully saturated rings. The van der Waals surface area contributed by atoms with E-state index in [2.05, 4.69) is 0 Å². The molecule has 1 unspecified atom stereocenters. The molecule has 5 rings (SSSR count). The van der Waals surface area contributed by atoms with Gasteiger partial charge in [0.2, 0.25) is 16.8 Å². The fourth-order valence-electron chi connectivity index (χ4n) is 3.80. The highest BCUT2D eigenvalue weighted by Gasteiger charge is 2.34. The Morgan fingerprint density at radius 1 is 1.07 bits per heavy atom. The number of nitrogens with zero attached hydrogens (tertiary/aromatic N) is 2. The first-order chi connectivity index (χ1) is 13.4. The van der Waals surface area contributed by atoms with E-state index in [1.54, 1.807) is 7.05 Å². The number of hydrogen-bond acceptors (Lipinski definition) is 6. The van der Waals surface area contributed by atoms with Crippen molar-refractivity contribution in [1.82, 2.24) is 8.87 Å². The van der Waals surface area contributed by atoms with E-state index in [0.717, 1.165) is 12.0 Å². The van der Waals surface area contributed by atoms with Gasteiger partial charge in [0.05, 0.1) is 10.4 Å². The van der Waals surface area contributed by atoms with Crippen molar-refractivity contribution in [1.29, 1.82) is 0 Å². The van der Waals surface area contributed by atoms with Crippen molar-refractivity contribution in [3.8, 4) is 11.5 Å². The van der Waals surface area contributed by atoms with E-state index < -0.39 is 15.8 Å². The number of rotatable bonds is 3. The van der Waals surface area contributed by atoms with Crippen molar-refractivity contribution in [2.45, 2.75) is 17.2 Å². The normalized spacial score (nSPS) is 19.5. The minimum atomic E-state index is -3.67. The van der Waals surface area contributed by atoms with Crippen molar-refractivity contribution >= 4 is 21.1 Å². The molecule has 1 saturated heterocycles. The SMILES string of the molecule is Cn1c(=O)oc2ccc(S(=O)(=O)N3CCC(c4ccc5c(c4)OCO5)C3)cc21. The van der Waals surface area contributed by atoms with E-state index in [-0.39, 0.29) is 17.6 Å². The topological polar surface area (TPSA) is 91.0 Å². The van der Waals surface area contributed by atoms with Gasteiger partial charge in [-0.15, -0.1) is 0 Å². The molecule has 9 heteroatoms. The first kappa shape index (κ1) is 17.3. The van der Waals surface area contributed by atoms with Gasteiger partial charge in [-0.25, -0.2) is 13.2 Å². The molecule has 28 heavy (non-hydrogen) atoms. The summed E-state index contributed by atoms with van der Waals surface area (Å²) in [5, 5.41) is 0. The number of sulfonamides is 1. The average Bonchev–Trinajstić information content (AvgIpc) is 3.41. The first-order valence-electron chi connectivity index (χ1n) is 8.93. The number of ether oxygens (including phenoxy) is 2. The van der Waals surface area contributed by atoms with Gasteiger partial charge in [-0.3, -0.25) is 4.57 Å². The monoisotopic (exact) mass is 402 g/mol. The lowest BCUT2D eigenvalue weighted by atomic mass is 9.98. The van der Waals surface area contributed by atoms with Gasteiger partial charge in [-0.1, -0.05) is 6.07 Å². The maximum absolute atomic E-state index is 13.1. The zero-order chi connectivity index (χ0) is 19.5. The Kier molecular flexibility index (Phi) is 3.78. The quantitative estimate of drug-likeness (QED) is 0.666. The van der Waals surface area contributed by atoms with Gasteiger partial charge in [0, 0.05) is 20.1 Å². The van der Waals surface area contributed by atoms with Crippen LogP contribution in [0.4, 0.5) is 0 Å². The molecule has 3 aromatic rings. The van der Waals surface area contributed by atoms with Crippen molar-refractivity contribution in [3.63, 3.8) is 0 Å². The maximum atomic E-state index is 13.1. The van der Waals surface area contributed by atoms with Crippen molar-refractivity contribution in [2.24, 2.45) is 7.05 Å². The number of hydrogen-bond donors (Lipinski definition) is 0. The molecule has 0 saturated carbocycles. The molecule has 0 spiro atoms. The molecule has 2 aliphatic heterocycles. The van der Waals surface area contributed by atoms with E-state index in [0.29, 0.717) is 35.7 Å². The van der Waals surface area contributed by atoms with E-state index >= 15 is 0 Å². The summed E-state index contributed by atoms with van der Waals surface area (Å²) in [7, 11) is -2.12. The molecular formula is C19H18N2O6S. The number of aromatic nitrogens is 1. The predicted octanol–water partition coefficient (Wildman–Crippen LogP) is 2.04. The van der Waals surface area contributed by atoms with E-state index in [9.17, 15) is 13.2 Å². The van der Waals surface area contributed by atoms with Gasteiger partial charge < -0.3 is 13.9 Å². The summed E-state index contributed by atoms with van der Waals surface area (Å²) >= 11 is 0. The molecule has 8 nitrogen and oxygen atoms in total. The minimum Gasteiger partial charge on any atom is -0.454 e. The summed E-state index contributed by atoms with van der Waals surface area (Å²) in [5.41, 5.74) is 1.86. The Morgan fingerprint density at radius 2 is 1.89 bits per heavy atom.